The third kappa shape index (κ3) is 2.19. The molecule has 0 bridgehead atoms. The van der Waals surface area contributed by atoms with E-state index in [4.69, 9.17) is 17.3 Å². The first kappa shape index (κ1) is 11.0. The highest BCUT2D eigenvalue weighted by Crippen LogP contribution is 2.38. The van der Waals surface area contributed by atoms with Gasteiger partial charge in [0.1, 0.15) is 0 Å². The van der Waals surface area contributed by atoms with Gasteiger partial charge in [0.25, 0.3) is 0 Å². The molecule has 1 nitrogen and oxygen atoms in total. The van der Waals surface area contributed by atoms with E-state index in [2.05, 4.69) is 18.6 Å². The Bertz CT molecular complexity index is 329. The molecule has 1 aliphatic carbocycles. The van der Waals surface area contributed by atoms with Crippen LogP contribution in [-0.2, 0) is 5.41 Å². The smallest absolute Gasteiger partial charge is 0.0408 e. The summed E-state index contributed by atoms with van der Waals surface area (Å²) >= 11 is 6.03. The zero-order valence-corrected chi connectivity index (χ0v) is 9.63. The van der Waals surface area contributed by atoms with Crippen molar-refractivity contribution < 1.29 is 0 Å². The molecule has 1 atom stereocenters. The fourth-order valence-electron chi connectivity index (χ4n) is 2.45. The second-order valence-electron chi connectivity index (χ2n) is 4.38. The fraction of sp³-hybridized carbons (Fsp3) is 0.462. The van der Waals surface area contributed by atoms with Gasteiger partial charge in [-0.05, 0) is 37.0 Å². The number of rotatable bonds is 2. The molecule has 1 radical (unpaired) electrons. The molecule has 1 saturated carbocycles. The van der Waals surface area contributed by atoms with Crippen molar-refractivity contribution >= 4 is 11.6 Å². The van der Waals surface area contributed by atoms with Crippen LogP contribution >= 0.6 is 11.6 Å². The molecular weight excluding hydrogens is 206 g/mol. The van der Waals surface area contributed by atoms with Gasteiger partial charge in [0.2, 0.25) is 0 Å². The Kier molecular flexibility index (Phi) is 3.32. The van der Waals surface area contributed by atoms with E-state index in [1.807, 2.05) is 12.1 Å². The van der Waals surface area contributed by atoms with E-state index in [0.29, 0.717) is 6.54 Å². The first-order valence-electron chi connectivity index (χ1n) is 5.55. The van der Waals surface area contributed by atoms with E-state index in [-0.39, 0.29) is 5.41 Å². The summed E-state index contributed by atoms with van der Waals surface area (Å²) in [6.45, 7) is 0.712. The van der Waals surface area contributed by atoms with Gasteiger partial charge < -0.3 is 5.73 Å². The van der Waals surface area contributed by atoms with Crippen molar-refractivity contribution in [1.82, 2.24) is 0 Å². The lowest BCUT2D eigenvalue weighted by Crippen LogP contribution is -2.37. The lowest BCUT2D eigenvalue weighted by atomic mass is 9.69. The maximum atomic E-state index is 6.03. The standard InChI is InChI=1S/C13H17ClN/c14-12-6-4-5-11(9-12)13(10-15)7-2-1-3-8-13/h2,4-6,9H,1,3,7-8,10,15H2. The monoisotopic (exact) mass is 222 g/mol. The summed E-state index contributed by atoms with van der Waals surface area (Å²) in [6, 6.07) is 8.15. The predicted molar refractivity (Wildman–Crippen MR) is 65.0 cm³/mol. The summed E-state index contributed by atoms with van der Waals surface area (Å²) in [5.74, 6) is 0. The molecule has 2 rings (SSSR count). The van der Waals surface area contributed by atoms with Gasteiger partial charge in [0.05, 0.1) is 0 Å². The second-order valence-corrected chi connectivity index (χ2v) is 4.82. The number of halogens is 1. The number of benzene rings is 1. The number of nitrogens with two attached hydrogens (primary N) is 1. The van der Waals surface area contributed by atoms with Crippen molar-refractivity contribution in [2.24, 2.45) is 5.73 Å². The Balaban J connectivity index is 2.32. The van der Waals surface area contributed by atoms with Gasteiger partial charge in [-0.3, -0.25) is 0 Å². The highest BCUT2D eigenvalue weighted by molar-refractivity contribution is 6.30. The van der Waals surface area contributed by atoms with Crippen molar-refractivity contribution in [2.75, 3.05) is 6.54 Å². The van der Waals surface area contributed by atoms with Crippen LogP contribution in [0.2, 0.25) is 5.02 Å². The van der Waals surface area contributed by atoms with Gasteiger partial charge in [-0.1, -0.05) is 36.6 Å². The summed E-state index contributed by atoms with van der Waals surface area (Å²) in [4.78, 5) is 0. The molecule has 1 aromatic carbocycles. The van der Waals surface area contributed by atoms with Gasteiger partial charge in [-0.15, -0.1) is 0 Å². The lowest BCUT2D eigenvalue weighted by molar-refractivity contribution is 0.346. The minimum atomic E-state index is 0.142. The van der Waals surface area contributed by atoms with Gasteiger partial charge in [-0.2, -0.15) is 0 Å². The van der Waals surface area contributed by atoms with Crippen molar-refractivity contribution in [3.05, 3.63) is 41.3 Å². The predicted octanol–water partition coefficient (Wildman–Crippen LogP) is 3.31. The van der Waals surface area contributed by atoms with Crippen LogP contribution < -0.4 is 5.73 Å². The van der Waals surface area contributed by atoms with Crippen LogP contribution in [0.25, 0.3) is 0 Å². The lowest BCUT2D eigenvalue weighted by Gasteiger charge is -2.36. The molecule has 1 fully saturated rings. The fourth-order valence-corrected chi connectivity index (χ4v) is 2.64. The molecule has 0 aromatic heterocycles. The Labute approximate surface area is 96.6 Å². The number of hydrogen-bond acceptors (Lipinski definition) is 1. The second kappa shape index (κ2) is 4.54. The highest BCUT2D eigenvalue weighted by atomic mass is 35.5. The summed E-state index contributed by atoms with van der Waals surface area (Å²) in [6.07, 6.45) is 7.09. The van der Waals surface area contributed by atoms with Gasteiger partial charge in [-0.25, -0.2) is 0 Å². The van der Waals surface area contributed by atoms with Gasteiger partial charge in [0, 0.05) is 17.0 Å². The summed E-state index contributed by atoms with van der Waals surface area (Å²) < 4.78 is 0. The van der Waals surface area contributed by atoms with E-state index >= 15 is 0 Å². The number of hydrogen-bond donors (Lipinski definition) is 1. The minimum absolute atomic E-state index is 0.142. The van der Waals surface area contributed by atoms with Crippen molar-refractivity contribution in [3.63, 3.8) is 0 Å². The molecule has 81 valence electrons. The highest BCUT2D eigenvalue weighted by Gasteiger charge is 2.32. The normalized spacial score (nSPS) is 20.1. The SMILES string of the molecule is NCC1(c2cccc(Cl)c2)C[CH]CCC1. The van der Waals surface area contributed by atoms with E-state index < -0.39 is 0 Å². The Hall–Kier alpha value is -0.530. The third-order valence-electron chi connectivity index (χ3n) is 3.43. The molecule has 1 aliphatic rings. The van der Waals surface area contributed by atoms with E-state index in [0.717, 1.165) is 11.4 Å². The van der Waals surface area contributed by atoms with Gasteiger partial charge >= 0.3 is 0 Å². The topological polar surface area (TPSA) is 26.0 Å². The van der Waals surface area contributed by atoms with E-state index in [1.165, 1.54) is 24.8 Å². The Morgan fingerprint density at radius 3 is 2.87 bits per heavy atom. The molecule has 0 spiro atoms. The Morgan fingerprint density at radius 1 is 1.40 bits per heavy atom. The largest absolute Gasteiger partial charge is 0.330 e. The molecule has 1 aromatic rings. The molecule has 2 heteroatoms. The molecular formula is C13H17ClN. The molecule has 15 heavy (non-hydrogen) atoms. The Morgan fingerprint density at radius 2 is 2.27 bits per heavy atom. The quantitative estimate of drug-likeness (QED) is 0.817. The minimum Gasteiger partial charge on any atom is -0.330 e. The van der Waals surface area contributed by atoms with Crippen LogP contribution in [0, 0.1) is 6.42 Å². The molecule has 0 saturated heterocycles. The van der Waals surface area contributed by atoms with Crippen LogP contribution in [0.4, 0.5) is 0 Å². The zero-order chi connectivity index (χ0) is 10.7. The van der Waals surface area contributed by atoms with Gasteiger partial charge in [0.15, 0.2) is 0 Å². The van der Waals surface area contributed by atoms with Crippen LogP contribution in [0.5, 0.6) is 0 Å². The molecule has 0 aliphatic heterocycles. The van der Waals surface area contributed by atoms with Crippen molar-refractivity contribution in [2.45, 2.75) is 31.1 Å². The van der Waals surface area contributed by atoms with Crippen LogP contribution in [0.3, 0.4) is 0 Å². The first-order valence-corrected chi connectivity index (χ1v) is 5.92. The molecule has 2 N–H and O–H groups in total. The summed E-state index contributed by atoms with van der Waals surface area (Å²) in [7, 11) is 0. The van der Waals surface area contributed by atoms with Crippen molar-refractivity contribution in [1.29, 1.82) is 0 Å². The maximum absolute atomic E-state index is 6.03. The van der Waals surface area contributed by atoms with E-state index in [1.54, 1.807) is 0 Å². The molecule has 0 heterocycles. The average Bonchev–Trinajstić information content (AvgIpc) is 2.30. The molecule has 0 amide bonds. The van der Waals surface area contributed by atoms with E-state index in [9.17, 15) is 0 Å². The first-order chi connectivity index (χ1) is 7.27. The summed E-state index contributed by atoms with van der Waals surface area (Å²) in [5, 5.41) is 0.811. The average molecular weight is 223 g/mol. The summed E-state index contributed by atoms with van der Waals surface area (Å²) in [5.41, 5.74) is 7.40. The van der Waals surface area contributed by atoms with Crippen LogP contribution in [0.15, 0.2) is 24.3 Å². The van der Waals surface area contributed by atoms with Crippen LogP contribution in [0.1, 0.15) is 31.2 Å². The zero-order valence-electron chi connectivity index (χ0n) is 8.88. The van der Waals surface area contributed by atoms with Crippen molar-refractivity contribution in [3.8, 4) is 0 Å². The van der Waals surface area contributed by atoms with Crippen LogP contribution in [-0.4, -0.2) is 6.54 Å². The maximum Gasteiger partial charge on any atom is 0.0408 e. The third-order valence-corrected chi connectivity index (χ3v) is 3.66. The molecule has 1 unspecified atom stereocenters.